The first kappa shape index (κ1) is 38.0. The molecule has 0 fully saturated rings. The quantitative estimate of drug-likeness (QED) is 0.189. The second kappa shape index (κ2) is 15.2. The highest BCUT2D eigenvalue weighted by Gasteiger charge is 2.43. The van der Waals surface area contributed by atoms with E-state index in [2.05, 4.69) is 21.2 Å². The molecule has 5 rings (SSSR count). The van der Waals surface area contributed by atoms with Crippen LogP contribution in [0.1, 0.15) is 67.8 Å². The number of ketones is 1. The van der Waals surface area contributed by atoms with E-state index in [9.17, 15) is 24.0 Å². The molecule has 4 amide bonds. The highest BCUT2D eigenvalue weighted by atomic mass is 79.9. The maximum Gasteiger partial charge on any atom is 0.410 e. The van der Waals surface area contributed by atoms with Crippen molar-refractivity contribution in [3.63, 3.8) is 0 Å². The molecule has 272 valence electrons. The fraction of sp³-hybridized carbons (Fsp3) is 0.325. The lowest BCUT2D eigenvalue weighted by Gasteiger charge is -2.34. The summed E-state index contributed by atoms with van der Waals surface area (Å²) in [5.74, 6) is -1.11. The number of hydrogen-bond donors (Lipinski definition) is 1. The number of carbonyl (C=O) groups is 5. The van der Waals surface area contributed by atoms with Crippen LogP contribution in [-0.4, -0.2) is 72.4 Å². The molecule has 3 atom stereocenters. The summed E-state index contributed by atoms with van der Waals surface area (Å²) >= 11 is 3.64. The van der Waals surface area contributed by atoms with Crippen LogP contribution in [0.5, 0.6) is 5.75 Å². The van der Waals surface area contributed by atoms with Gasteiger partial charge in [-0.15, -0.1) is 0 Å². The van der Waals surface area contributed by atoms with Gasteiger partial charge in [0.2, 0.25) is 5.91 Å². The van der Waals surface area contributed by atoms with E-state index >= 15 is 0 Å². The van der Waals surface area contributed by atoms with E-state index < -0.39 is 47.5 Å². The predicted molar refractivity (Wildman–Crippen MR) is 204 cm³/mol. The zero-order valence-corrected chi connectivity index (χ0v) is 32.1. The van der Waals surface area contributed by atoms with Crippen LogP contribution >= 0.6 is 15.9 Å². The van der Waals surface area contributed by atoms with Gasteiger partial charge in [-0.25, -0.2) is 4.79 Å². The number of halogens is 1. The van der Waals surface area contributed by atoms with Gasteiger partial charge in [-0.3, -0.25) is 24.1 Å². The summed E-state index contributed by atoms with van der Waals surface area (Å²) in [5.41, 5.74) is 1.56. The topological polar surface area (TPSA) is 126 Å². The van der Waals surface area contributed by atoms with Gasteiger partial charge in [-0.1, -0.05) is 52.3 Å². The highest BCUT2D eigenvalue weighted by Crippen LogP contribution is 2.40. The normalized spacial score (nSPS) is 16.4. The number of nitrogens with zero attached hydrogens (tertiary/aromatic N) is 3. The molecule has 4 aromatic carbocycles. The maximum absolute atomic E-state index is 15.0. The van der Waals surface area contributed by atoms with E-state index in [1.165, 1.54) is 25.8 Å². The monoisotopic (exact) mass is 770 g/mol. The van der Waals surface area contributed by atoms with Crippen molar-refractivity contribution in [2.75, 3.05) is 24.0 Å². The molecule has 0 aliphatic carbocycles. The van der Waals surface area contributed by atoms with E-state index in [0.717, 1.165) is 25.7 Å². The lowest BCUT2D eigenvalue weighted by atomic mass is 10.0. The molecule has 1 aliphatic heterocycles. The van der Waals surface area contributed by atoms with Gasteiger partial charge in [0.15, 0.2) is 5.78 Å². The summed E-state index contributed by atoms with van der Waals surface area (Å²) < 4.78 is 12.1. The van der Waals surface area contributed by atoms with Crippen LogP contribution in [0.2, 0.25) is 0 Å². The van der Waals surface area contributed by atoms with Gasteiger partial charge in [0.1, 0.15) is 23.4 Å². The molecule has 4 aromatic rings. The number of amides is 4. The smallest absolute Gasteiger partial charge is 0.410 e. The van der Waals surface area contributed by atoms with Crippen molar-refractivity contribution >= 4 is 67.7 Å². The molecule has 52 heavy (non-hydrogen) atoms. The van der Waals surface area contributed by atoms with Gasteiger partial charge < -0.3 is 24.6 Å². The van der Waals surface area contributed by atoms with Crippen LogP contribution in [0.3, 0.4) is 0 Å². The Balaban J connectivity index is 1.64. The molecule has 1 aliphatic rings. The Morgan fingerprint density at radius 3 is 2.15 bits per heavy atom. The number of fused-ring (bicyclic) bond motifs is 2. The molecule has 1 N–H and O–H groups in total. The van der Waals surface area contributed by atoms with Gasteiger partial charge in [0, 0.05) is 28.2 Å². The molecule has 0 spiro atoms. The van der Waals surface area contributed by atoms with Crippen molar-refractivity contribution in [1.82, 2.24) is 10.2 Å². The molecule has 0 saturated carbocycles. The SMILES string of the molecule is COc1ccc2c(Br)cccc2c1CN1C(=O)[C@@H](NC(=O)[C@H](C)N(C)C(=O)OC(C)(C)C)[C@H](C)N(C(=O)c2ccc(C(C)=O)cc2)c2ccccc21. The first-order valence-electron chi connectivity index (χ1n) is 16.9. The summed E-state index contributed by atoms with van der Waals surface area (Å²) in [4.78, 5) is 72.5. The molecular weight excluding hydrogens is 728 g/mol. The first-order valence-corrected chi connectivity index (χ1v) is 17.7. The van der Waals surface area contributed by atoms with Crippen molar-refractivity contribution in [3.8, 4) is 5.75 Å². The fourth-order valence-corrected chi connectivity index (χ4v) is 6.70. The van der Waals surface area contributed by atoms with Gasteiger partial charge in [0.05, 0.1) is 31.1 Å². The van der Waals surface area contributed by atoms with Crippen molar-refractivity contribution in [3.05, 3.63) is 100 Å². The second-order valence-electron chi connectivity index (χ2n) is 13.8. The lowest BCUT2D eigenvalue weighted by Crippen LogP contribution is -2.60. The number of benzene rings is 4. The summed E-state index contributed by atoms with van der Waals surface area (Å²) in [6.45, 7) is 9.90. The summed E-state index contributed by atoms with van der Waals surface area (Å²) in [5, 5.41) is 4.65. The number of anilines is 2. The average molecular weight is 772 g/mol. The third kappa shape index (κ3) is 7.67. The predicted octanol–water partition coefficient (Wildman–Crippen LogP) is 7.14. The molecular formula is C40H43BrN4O7. The maximum atomic E-state index is 15.0. The minimum absolute atomic E-state index is 0.0363. The Labute approximate surface area is 312 Å². The van der Waals surface area contributed by atoms with Crippen LogP contribution < -0.4 is 19.9 Å². The summed E-state index contributed by atoms with van der Waals surface area (Å²) in [7, 11) is 3.01. The fourth-order valence-electron chi connectivity index (χ4n) is 6.20. The molecule has 0 unspecified atom stereocenters. The van der Waals surface area contributed by atoms with E-state index in [4.69, 9.17) is 9.47 Å². The molecule has 1 heterocycles. The molecule has 0 bridgehead atoms. The van der Waals surface area contributed by atoms with Crippen molar-refractivity contribution in [2.24, 2.45) is 0 Å². The number of carbonyl (C=O) groups excluding carboxylic acids is 5. The van der Waals surface area contributed by atoms with Crippen LogP contribution in [-0.2, 0) is 20.9 Å². The van der Waals surface area contributed by atoms with Crippen LogP contribution in [0.4, 0.5) is 16.2 Å². The highest BCUT2D eigenvalue weighted by molar-refractivity contribution is 9.10. The number of ether oxygens (including phenoxy) is 2. The van der Waals surface area contributed by atoms with Crippen molar-refractivity contribution in [2.45, 2.75) is 71.8 Å². The second-order valence-corrected chi connectivity index (χ2v) is 14.7. The average Bonchev–Trinajstić information content (AvgIpc) is 3.19. The number of para-hydroxylation sites is 2. The van der Waals surface area contributed by atoms with E-state index in [-0.39, 0.29) is 17.9 Å². The number of nitrogens with one attached hydrogen (secondary N) is 1. The standard InChI is InChI=1S/C40H43BrN4O7/c1-23-35(42-36(47)24(2)43(7)39(50)52-40(4,5)6)38(49)44(22-30-28-12-11-13-31(41)29(28)20-21-34(30)51-8)32-14-9-10-15-33(32)45(23)37(48)27-18-16-26(17-19-27)25(3)46/h9-21,23-24,35H,22H2,1-8H3,(H,42,47)/t23-,24-,35-/m0/s1. The number of hydrogen-bond acceptors (Lipinski definition) is 7. The van der Waals surface area contributed by atoms with Crippen molar-refractivity contribution in [1.29, 1.82) is 0 Å². The minimum Gasteiger partial charge on any atom is -0.496 e. The Hall–Kier alpha value is -5.23. The minimum atomic E-state index is -1.26. The molecule has 0 saturated heterocycles. The molecule has 0 aromatic heterocycles. The largest absolute Gasteiger partial charge is 0.496 e. The van der Waals surface area contributed by atoms with Gasteiger partial charge in [-0.05, 0) is 94.8 Å². The van der Waals surface area contributed by atoms with E-state index in [1.54, 1.807) is 88.2 Å². The number of rotatable bonds is 8. The first-order chi connectivity index (χ1) is 24.5. The Morgan fingerprint density at radius 2 is 1.54 bits per heavy atom. The van der Waals surface area contributed by atoms with Crippen LogP contribution in [0, 0.1) is 0 Å². The summed E-state index contributed by atoms with van der Waals surface area (Å²) in [6, 6.07) is 19.7. The van der Waals surface area contributed by atoms with E-state index in [1.807, 2.05) is 30.3 Å². The molecule has 0 radical (unpaired) electrons. The van der Waals surface area contributed by atoms with Gasteiger partial charge in [-0.2, -0.15) is 0 Å². The van der Waals surface area contributed by atoms with Crippen molar-refractivity contribution < 1.29 is 33.4 Å². The molecule has 12 heteroatoms. The number of Topliss-reactive ketones (excluding diaryl/α,β-unsaturated/α-hetero) is 1. The van der Waals surface area contributed by atoms with Gasteiger partial charge >= 0.3 is 6.09 Å². The Morgan fingerprint density at radius 1 is 0.904 bits per heavy atom. The van der Waals surface area contributed by atoms with Gasteiger partial charge in [0.25, 0.3) is 11.8 Å². The molecule has 11 nitrogen and oxygen atoms in total. The third-order valence-electron chi connectivity index (χ3n) is 9.16. The lowest BCUT2D eigenvalue weighted by molar-refractivity contribution is -0.130. The van der Waals surface area contributed by atoms with E-state index in [0.29, 0.717) is 22.7 Å². The Bertz CT molecular complexity index is 2040. The third-order valence-corrected chi connectivity index (χ3v) is 9.86. The van der Waals surface area contributed by atoms with Crippen LogP contribution in [0.15, 0.2) is 83.3 Å². The number of likely N-dealkylation sites (N-methyl/N-ethyl adjacent to an activating group) is 1. The zero-order valence-electron chi connectivity index (χ0n) is 30.5. The Kier molecular flexibility index (Phi) is 11.1. The van der Waals surface area contributed by atoms with Crippen LogP contribution in [0.25, 0.3) is 10.8 Å². The zero-order chi connectivity index (χ0) is 38.1. The number of methoxy groups -OCH3 is 1. The summed E-state index contributed by atoms with van der Waals surface area (Å²) in [6.07, 6.45) is -0.704.